The summed E-state index contributed by atoms with van der Waals surface area (Å²) in [4.78, 5) is 0. The predicted octanol–water partition coefficient (Wildman–Crippen LogP) is 4.47. The summed E-state index contributed by atoms with van der Waals surface area (Å²) in [5, 5.41) is 19.8. The molecular formula is C20H34O3. The van der Waals surface area contributed by atoms with Crippen molar-refractivity contribution in [2.75, 3.05) is 6.61 Å². The molecule has 0 saturated carbocycles. The van der Waals surface area contributed by atoms with Gasteiger partial charge in [-0.1, -0.05) is 53.7 Å². The zero-order chi connectivity index (χ0) is 17.6. The number of rotatable bonds is 9. The molecule has 1 rings (SSSR count). The lowest BCUT2D eigenvalue weighted by molar-refractivity contribution is 0.00953. The highest BCUT2D eigenvalue weighted by atomic mass is 16.5. The number of benzene rings is 1. The van der Waals surface area contributed by atoms with Crippen molar-refractivity contribution in [3.05, 3.63) is 29.3 Å². The fourth-order valence-corrected chi connectivity index (χ4v) is 2.64. The Balaban J connectivity index is 2.89. The molecular weight excluding hydrogens is 288 g/mol. The number of aliphatic hydroxyl groups is 2. The molecule has 0 amide bonds. The molecule has 3 atom stereocenters. The van der Waals surface area contributed by atoms with E-state index in [0.717, 1.165) is 12.4 Å². The van der Waals surface area contributed by atoms with Crippen molar-refractivity contribution >= 4 is 0 Å². The summed E-state index contributed by atoms with van der Waals surface area (Å²) in [7, 11) is 0. The highest BCUT2D eigenvalue weighted by Gasteiger charge is 2.20. The molecule has 3 heteroatoms. The first-order valence-corrected chi connectivity index (χ1v) is 8.88. The van der Waals surface area contributed by atoms with Crippen molar-refractivity contribution in [2.45, 2.75) is 78.4 Å². The van der Waals surface area contributed by atoms with E-state index in [0.29, 0.717) is 24.7 Å². The second-order valence-corrected chi connectivity index (χ2v) is 7.34. The summed E-state index contributed by atoms with van der Waals surface area (Å²) in [5.74, 6) is 2.04. The van der Waals surface area contributed by atoms with E-state index in [9.17, 15) is 10.2 Å². The van der Waals surface area contributed by atoms with Gasteiger partial charge in [0.2, 0.25) is 0 Å². The van der Waals surface area contributed by atoms with Gasteiger partial charge in [0.1, 0.15) is 5.75 Å². The first-order valence-electron chi connectivity index (χ1n) is 8.88. The number of hydrogen-bond donors (Lipinski definition) is 2. The summed E-state index contributed by atoms with van der Waals surface area (Å²) in [6.45, 7) is 13.3. The van der Waals surface area contributed by atoms with E-state index in [1.807, 2.05) is 13.0 Å². The Hall–Kier alpha value is -1.06. The van der Waals surface area contributed by atoms with Crippen molar-refractivity contribution in [3.8, 4) is 5.75 Å². The highest BCUT2D eigenvalue weighted by Crippen LogP contribution is 2.32. The van der Waals surface area contributed by atoms with E-state index in [1.54, 1.807) is 0 Å². The van der Waals surface area contributed by atoms with Crippen LogP contribution < -0.4 is 4.74 Å². The van der Waals surface area contributed by atoms with Gasteiger partial charge in [0.25, 0.3) is 0 Å². The van der Waals surface area contributed by atoms with Crippen LogP contribution in [0, 0.1) is 5.92 Å². The van der Waals surface area contributed by atoms with Crippen molar-refractivity contribution in [2.24, 2.45) is 5.92 Å². The standard InChI is InChI=1S/C20H34O3/c1-7-18(21)19(22)10-15(6)16-8-9-20(23-12-13(2)3)17(11-16)14(4)5/h8-9,11,13-15,18-19,21-22H,7,10,12H2,1-6H3. The van der Waals surface area contributed by atoms with Crippen LogP contribution in [0.3, 0.4) is 0 Å². The van der Waals surface area contributed by atoms with Gasteiger partial charge in [-0.2, -0.15) is 0 Å². The Morgan fingerprint density at radius 1 is 1.00 bits per heavy atom. The van der Waals surface area contributed by atoms with Crippen molar-refractivity contribution in [1.82, 2.24) is 0 Å². The molecule has 0 bridgehead atoms. The maximum Gasteiger partial charge on any atom is 0.122 e. The molecule has 0 aromatic heterocycles. The fourth-order valence-electron chi connectivity index (χ4n) is 2.64. The van der Waals surface area contributed by atoms with Crippen molar-refractivity contribution in [1.29, 1.82) is 0 Å². The van der Waals surface area contributed by atoms with Crippen LogP contribution in [0.2, 0.25) is 0 Å². The topological polar surface area (TPSA) is 49.7 Å². The van der Waals surface area contributed by atoms with Crippen LogP contribution >= 0.6 is 0 Å². The van der Waals surface area contributed by atoms with Crippen molar-refractivity contribution < 1.29 is 14.9 Å². The minimum Gasteiger partial charge on any atom is -0.493 e. The molecule has 0 aliphatic rings. The van der Waals surface area contributed by atoms with Gasteiger partial charge < -0.3 is 14.9 Å². The molecule has 3 nitrogen and oxygen atoms in total. The first-order chi connectivity index (χ1) is 10.8. The summed E-state index contributed by atoms with van der Waals surface area (Å²) < 4.78 is 5.94. The Kier molecular flexibility index (Phi) is 8.07. The molecule has 0 saturated heterocycles. The summed E-state index contributed by atoms with van der Waals surface area (Å²) in [6.07, 6.45) is -0.170. The quantitative estimate of drug-likeness (QED) is 0.705. The molecule has 2 N–H and O–H groups in total. The van der Waals surface area contributed by atoms with Crippen LogP contribution in [0.1, 0.15) is 77.3 Å². The lowest BCUT2D eigenvalue weighted by Gasteiger charge is -2.22. The Morgan fingerprint density at radius 3 is 2.17 bits per heavy atom. The maximum atomic E-state index is 10.1. The fraction of sp³-hybridized carbons (Fsp3) is 0.700. The van der Waals surface area contributed by atoms with E-state index in [1.165, 1.54) is 11.1 Å². The highest BCUT2D eigenvalue weighted by molar-refractivity contribution is 5.40. The van der Waals surface area contributed by atoms with Crippen LogP contribution in [-0.4, -0.2) is 29.0 Å². The SMILES string of the molecule is CCC(O)C(O)CC(C)c1ccc(OCC(C)C)c(C(C)C)c1. The molecule has 23 heavy (non-hydrogen) atoms. The number of hydrogen-bond acceptors (Lipinski definition) is 3. The predicted molar refractivity (Wildman–Crippen MR) is 96.2 cm³/mol. The van der Waals surface area contributed by atoms with Crippen LogP contribution in [0.25, 0.3) is 0 Å². The third-order valence-electron chi connectivity index (χ3n) is 4.25. The van der Waals surface area contributed by atoms with Gasteiger partial charge in [0, 0.05) is 0 Å². The smallest absolute Gasteiger partial charge is 0.122 e. The molecule has 1 aromatic carbocycles. The molecule has 0 aliphatic carbocycles. The van der Waals surface area contributed by atoms with Crippen LogP contribution in [0.5, 0.6) is 5.75 Å². The third-order valence-corrected chi connectivity index (χ3v) is 4.25. The molecule has 0 aliphatic heterocycles. The van der Waals surface area contributed by atoms with Gasteiger partial charge in [0.15, 0.2) is 0 Å². The minimum atomic E-state index is -0.672. The van der Waals surface area contributed by atoms with Gasteiger partial charge in [-0.05, 0) is 47.8 Å². The van der Waals surface area contributed by atoms with Gasteiger partial charge in [-0.25, -0.2) is 0 Å². The van der Waals surface area contributed by atoms with E-state index in [2.05, 4.69) is 46.8 Å². The summed E-state index contributed by atoms with van der Waals surface area (Å²) >= 11 is 0. The maximum absolute atomic E-state index is 10.1. The molecule has 132 valence electrons. The minimum absolute atomic E-state index is 0.197. The van der Waals surface area contributed by atoms with Gasteiger partial charge in [0.05, 0.1) is 18.8 Å². The largest absolute Gasteiger partial charge is 0.493 e. The van der Waals surface area contributed by atoms with E-state index < -0.39 is 12.2 Å². The second-order valence-electron chi connectivity index (χ2n) is 7.34. The zero-order valence-electron chi connectivity index (χ0n) is 15.5. The molecule has 0 heterocycles. The first kappa shape index (κ1) is 20.0. The molecule has 0 spiro atoms. The second kappa shape index (κ2) is 9.29. The van der Waals surface area contributed by atoms with Gasteiger partial charge in [-0.3, -0.25) is 0 Å². The van der Waals surface area contributed by atoms with Gasteiger partial charge in [-0.15, -0.1) is 0 Å². The van der Waals surface area contributed by atoms with Crippen LogP contribution in [0.4, 0.5) is 0 Å². The van der Waals surface area contributed by atoms with Crippen LogP contribution in [0.15, 0.2) is 18.2 Å². The average molecular weight is 322 g/mol. The monoisotopic (exact) mass is 322 g/mol. The molecule has 0 fully saturated rings. The lowest BCUT2D eigenvalue weighted by atomic mass is 9.89. The van der Waals surface area contributed by atoms with Gasteiger partial charge >= 0.3 is 0 Å². The Bertz CT molecular complexity index is 468. The van der Waals surface area contributed by atoms with E-state index >= 15 is 0 Å². The third kappa shape index (κ3) is 6.15. The van der Waals surface area contributed by atoms with Crippen molar-refractivity contribution in [3.63, 3.8) is 0 Å². The number of aliphatic hydroxyl groups excluding tert-OH is 2. The lowest BCUT2D eigenvalue weighted by Crippen LogP contribution is -2.26. The van der Waals surface area contributed by atoms with E-state index in [-0.39, 0.29) is 5.92 Å². The normalized spacial score (nSPS) is 15.7. The van der Waals surface area contributed by atoms with E-state index in [4.69, 9.17) is 4.74 Å². The van der Waals surface area contributed by atoms with Crippen LogP contribution in [-0.2, 0) is 0 Å². The number of ether oxygens (including phenoxy) is 1. The molecule has 0 radical (unpaired) electrons. The Labute approximate surface area is 141 Å². The molecule has 3 unspecified atom stereocenters. The Morgan fingerprint density at radius 2 is 1.65 bits per heavy atom. The average Bonchev–Trinajstić information content (AvgIpc) is 2.51. The summed E-state index contributed by atoms with van der Waals surface area (Å²) in [5.41, 5.74) is 2.40. The zero-order valence-corrected chi connectivity index (χ0v) is 15.5. The molecule has 1 aromatic rings. The summed E-state index contributed by atoms with van der Waals surface area (Å²) in [6, 6.07) is 6.32.